The van der Waals surface area contributed by atoms with Gasteiger partial charge in [-0.05, 0) is 93.1 Å². The quantitative estimate of drug-likeness (QED) is 0.657. The second-order valence-corrected chi connectivity index (χ2v) is 7.74. The van der Waals surface area contributed by atoms with Gasteiger partial charge in [0.15, 0.2) is 0 Å². The standard InChI is InChI=1S/C20H25BF2N2/c1-6-16-10(2)20(25(13(16)5)21(22)23)11(3)19-18-15-8-7-14(9-15)17(18)12(4)24-19/h14-15H,6-9H2,1-5H3/b19-11+/t14-,15+/m1/s1. The molecule has 4 rings (SSSR count). The molecule has 1 aromatic heterocycles. The van der Waals surface area contributed by atoms with Crippen molar-refractivity contribution in [3.8, 4) is 0 Å². The van der Waals surface area contributed by atoms with Crippen LogP contribution in [0.2, 0.25) is 0 Å². The van der Waals surface area contributed by atoms with Crippen molar-refractivity contribution < 1.29 is 8.63 Å². The molecule has 1 fully saturated rings. The third-order valence-corrected chi connectivity index (χ3v) is 6.57. The number of allylic oxidation sites excluding steroid dienone is 3. The maximum atomic E-state index is 13.9. The Balaban J connectivity index is 1.95. The smallest absolute Gasteiger partial charge is 0.329 e. The molecule has 2 heterocycles. The third-order valence-electron chi connectivity index (χ3n) is 6.57. The van der Waals surface area contributed by atoms with Crippen LogP contribution in [0, 0.1) is 25.7 Å². The summed E-state index contributed by atoms with van der Waals surface area (Å²) in [6, 6.07) is 0. The van der Waals surface area contributed by atoms with Gasteiger partial charge in [0.2, 0.25) is 0 Å². The Bertz CT molecular complexity index is 858. The summed E-state index contributed by atoms with van der Waals surface area (Å²) in [6.07, 6.45) is 4.47. The van der Waals surface area contributed by atoms with Crippen LogP contribution in [0.25, 0.3) is 5.57 Å². The molecule has 3 aliphatic rings. The molecule has 2 nitrogen and oxygen atoms in total. The van der Waals surface area contributed by atoms with Crippen molar-refractivity contribution in [1.82, 2.24) is 4.48 Å². The molecule has 0 N–H and O–H groups in total. The van der Waals surface area contributed by atoms with E-state index in [1.807, 2.05) is 27.7 Å². The van der Waals surface area contributed by atoms with Gasteiger partial charge in [0, 0.05) is 17.1 Å². The SMILES string of the molecule is CCc1c(C)c(/C(C)=C2/N=C(C)C3=C2[C@H]2CC[C@@H]3C2)n(B(F)F)c1C. The monoisotopic (exact) mass is 342 g/mol. The number of hydrogen-bond acceptors (Lipinski definition) is 1. The molecule has 2 bridgehead atoms. The first-order valence-corrected chi connectivity index (χ1v) is 9.36. The molecule has 0 radical (unpaired) electrons. The van der Waals surface area contributed by atoms with Crippen LogP contribution in [-0.4, -0.2) is 17.6 Å². The van der Waals surface area contributed by atoms with E-state index in [2.05, 4.69) is 6.92 Å². The molecule has 0 saturated heterocycles. The Morgan fingerprint density at radius 3 is 2.40 bits per heavy atom. The topological polar surface area (TPSA) is 17.3 Å². The lowest BCUT2D eigenvalue weighted by Crippen LogP contribution is -2.18. The van der Waals surface area contributed by atoms with Gasteiger partial charge in [-0.15, -0.1) is 0 Å². The van der Waals surface area contributed by atoms with E-state index in [0.29, 0.717) is 23.2 Å². The highest BCUT2D eigenvalue weighted by Gasteiger charge is 2.44. The summed E-state index contributed by atoms with van der Waals surface area (Å²) in [5.41, 5.74) is 9.16. The van der Waals surface area contributed by atoms with Gasteiger partial charge >= 0.3 is 7.40 Å². The van der Waals surface area contributed by atoms with Crippen LogP contribution in [0.3, 0.4) is 0 Å². The average molecular weight is 342 g/mol. The van der Waals surface area contributed by atoms with Gasteiger partial charge in [-0.2, -0.15) is 0 Å². The van der Waals surface area contributed by atoms with E-state index < -0.39 is 7.40 Å². The Labute approximate surface area is 148 Å². The van der Waals surface area contributed by atoms with Crippen molar-refractivity contribution in [3.63, 3.8) is 0 Å². The van der Waals surface area contributed by atoms with Crippen molar-refractivity contribution in [2.45, 2.75) is 60.3 Å². The van der Waals surface area contributed by atoms with Crippen LogP contribution in [0.1, 0.15) is 62.5 Å². The van der Waals surface area contributed by atoms with Crippen LogP contribution >= 0.6 is 0 Å². The van der Waals surface area contributed by atoms with E-state index in [-0.39, 0.29) is 0 Å². The van der Waals surface area contributed by atoms with E-state index in [1.54, 1.807) is 0 Å². The highest BCUT2D eigenvalue weighted by molar-refractivity contribution is 6.41. The van der Waals surface area contributed by atoms with E-state index in [9.17, 15) is 8.63 Å². The summed E-state index contributed by atoms with van der Waals surface area (Å²) in [7, 11) is -2.52. The predicted molar refractivity (Wildman–Crippen MR) is 100 cm³/mol. The van der Waals surface area contributed by atoms with E-state index in [0.717, 1.165) is 34.5 Å². The Morgan fingerprint density at radius 2 is 1.80 bits per heavy atom. The number of hydrogen-bond donors (Lipinski definition) is 0. The van der Waals surface area contributed by atoms with E-state index in [1.165, 1.54) is 34.9 Å². The Kier molecular flexibility index (Phi) is 3.82. The van der Waals surface area contributed by atoms with Crippen LogP contribution in [0.5, 0.6) is 0 Å². The lowest BCUT2D eigenvalue weighted by molar-refractivity contribution is 0.623. The third kappa shape index (κ3) is 2.17. The summed E-state index contributed by atoms with van der Waals surface area (Å²) >= 11 is 0. The number of aromatic nitrogens is 1. The summed E-state index contributed by atoms with van der Waals surface area (Å²) < 4.78 is 28.9. The first-order valence-electron chi connectivity index (χ1n) is 9.36. The molecule has 0 spiro atoms. The molecule has 0 aromatic carbocycles. The molecule has 0 amide bonds. The molecular formula is C20H25BF2N2. The van der Waals surface area contributed by atoms with Crippen LogP contribution in [0.15, 0.2) is 21.8 Å². The molecule has 1 aromatic rings. The van der Waals surface area contributed by atoms with Crippen LogP contribution in [0.4, 0.5) is 8.63 Å². The molecule has 2 aliphatic carbocycles. The molecular weight excluding hydrogens is 317 g/mol. The fraction of sp³-hybridized carbons (Fsp3) is 0.550. The zero-order valence-electron chi connectivity index (χ0n) is 15.7. The second kappa shape index (κ2) is 5.68. The van der Waals surface area contributed by atoms with Crippen LogP contribution < -0.4 is 0 Å². The van der Waals surface area contributed by atoms with Crippen LogP contribution in [-0.2, 0) is 6.42 Å². The van der Waals surface area contributed by atoms with Gasteiger partial charge in [-0.25, -0.2) is 0 Å². The minimum absolute atomic E-state index is 0.577. The lowest BCUT2D eigenvalue weighted by atomic mass is 9.88. The number of fused-ring (bicyclic) bond motifs is 4. The van der Waals surface area contributed by atoms with Crippen molar-refractivity contribution in [2.24, 2.45) is 16.8 Å². The highest BCUT2D eigenvalue weighted by Crippen LogP contribution is 2.55. The van der Waals surface area contributed by atoms with Crippen molar-refractivity contribution in [3.05, 3.63) is 39.4 Å². The van der Waals surface area contributed by atoms with Crippen molar-refractivity contribution in [2.75, 3.05) is 0 Å². The minimum atomic E-state index is -2.52. The molecule has 0 unspecified atom stereocenters. The summed E-state index contributed by atoms with van der Waals surface area (Å²) in [6.45, 7) is 9.88. The summed E-state index contributed by atoms with van der Waals surface area (Å²) in [5, 5.41) is 0. The molecule has 132 valence electrons. The van der Waals surface area contributed by atoms with E-state index >= 15 is 0 Å². The fourth-order valence-corrected chi connectivity index (χ4v) is 5.58. The Morgan fingerprint density at radius 1 is 1.16 bits per heavy atom. The maximum absolute atomic E-state index is 13.9. The number of halogens is 2. The van der Waals surface area contributed by atoms with Crippen molar-refractivity contribution in [1.29, 1.82) is 0 Å². The zero-order chi connectivity index (χ0) is 18.0. The molecule has 5 heteroatoms. The number of aliphatic imine (C=N–C) groups is 1. The van der Waals surface area contributed by atoms with Gasteiger partial charge in [0.1, 0.15) is 0 Å². The summed E-state index contributed by atoms with van der Waals surface area (Å²) in [5.74, 6) is 1.22. The lowest BCUT2D eigenvalue weighted by Gasteiger charge is -2.17. The first kappa shape index (κ1) is 16.8. The largest absolute Gasteiger partial charge is 0.677 e. The van der Waals surface area contributed by atoms with Gasteiger partial charge in [0.25, 0.3) is 0 Å². The van der Waals surface area contributed by atoms with Gasteiger partial charge in [-0.3, -0.25) is 13.6 Å². The number of nitrogens with zero attached hydrogens (tertiary/aromatic N) is 2. The predicted octanol–water partition coefficient (Wildman–Crippen LogP) is 5.37. The minimum Gasteiger partial charge on any atom is -0.329 e. The maximum Gasteiger partial charge on any atom is 0.677 e. The normalized spacial score (nSPS) is 26.4. The molecule has 2 atom stereocenters. The number of rotatable bonds is 3. The van der Waals surface area contributed by atoms with E-state index in [4.69, 9.17) is 4.99 Å². The second-order valence-electron chi connectivity index (χ2n) is 7.74. The summed E-state index contributed by atoms with van der Waals surface area (Å²) in [4.78, 5) is 4.86. The van der Waals surface area contributed by atoms with Crippen molar-refractivity contribution >= 4 is 18.7 Å². The van der Waals surface area contributed by atoms with Gasteiger partial charge < -0.3 is 4.48 Å². The zero-order valence-corrected chi connectivity index (χ0v) is 15.7. The first-order chi connectivity index (χ1) is 11.9. The fourth-order valence-electron chi connectivity index (χ4n) is 5.58. The average Bonchev–Trinajstić information content (AvgIpc) is 3.28. The Hall–Kier alpha value is -1.65. The molecule has 25 heavy (non-hydrogen) atoms. The van der Waals surface area contributed by atoms with Gasteiger partial charge in [0.05, 0.1) is 5.70 Å². The molecule has 1 saturated carbocycles. The van der Waals surface area contributed by atoms with Gasteiger partial charge in [-0.1, -0.05) is 6.92 Å². The highest BCUT2D eigenvalue weighted by atomic mass is 19.2. The molecule has 1 aliphatic heterocycles.